The number of rotatable bonds is 4. The topological polar surface area (TPSA) is 21.3 Å². The zero-order chi connectivity index (χ0) is 10.6. The third-order valence-corrected chi connectivity index (χ3v) is 1.79. The van der Waals surface area contributed by atoms with Crippen LogP contribution in [0.2, 0.25) is 0 Å². The number of methoxy groups -OCH3 is 1. The molecule has 0 aliphatic carbocycles. The Hall–Kier alpha value is -1.22. The molecule has 0 spiro atoms. The first-order valence-electron chi connectivity index (χ1n) is 4.05. The Morgan fingerprint density at radius 2 is 2.36 bits per heavy atom. The first-order chi connectivity index (χ1) is 6.65. The standard InChI is InChI=1S/C10H11ClFNO/c1-7(11)6-13-8-4-3-5-9(14-2)10(8)12/h3-5,13H,1,6H2,2H3. The van der Waals surface area contributed by atoms with Gasteiger partial charge in [-0.3, -0.25) is 0 Å². The minimum absolute atomic E-state index is 0.204. The molecule has 0 saturated carbocycles. The third kappa shape index (κ3) is 2.64. The second-order valence-electron chi connectivity index (χ2n) is 2.69. The molecule has 0 heterocycles. The minimum Gasteiger partial charge on any atom is -0.494 e. The van der Waals surface area contributed by atoms with E-state index in [4.69, 9.17) is 16.3 Å². The van der Waals surface area contributed by atoms with Crippen LogP contribution in [0, 0.1) is 5.82 Å². The lowest BCUT2D eigenvalue weighted by molar-refractivity contribution is 0.387. The van der Waals surface area contributed by atoms with E-state index in [0.717, 1.165) is 0 Å². The Morgan fingerprint density at radius 3 is 2.93 bits per heavy atom. The van der Waals surface area contributed by atoms with E-state index >= 15 is 0 Å². The van der Waals surface area contributed by atoms with Crippen molar-refractivity contribution in [3.05, 3.63) is 35.6 Å². The summed E-state index contributed by atoms with van der Waals surface area (Å²) in [7, 11) is 1.42. The second-order valence-corrected chi connectivity index (χ2v) is 3.23. The Morgan fingerprint density at radius 1 is 1.64 bits per heavy atom. The number of ether oxygens (including phenoxy) is 1. The average Bonchev–Trinajstić information content (AvgIpc) is 2.16. The van der Waals surface area contributed by atoms with E-state index in [9.17, 15) is 4.39 Å². The highest BCUT2D eigenvalue weighted by Gasteiger charge is 2.07. The van der Waals surface area contributed by atoms with Gasteiger partial charge in [-0.25, -0.2) is 4.39 Å². The van der Waals surface area contributed by atoms with Crippen LogP contribution in [0.3, 0.4) is 0 Å². The zero-order valence-corrected chi connectivity index (χ0v) is 8.57. The quantitative estimate of drug-likeness (QED) is 0.834. The highest BCUT2D eigenvalue weighted by atomic mass is 35.5. The van der Waals surface area contributed by atoms with Gasteiger partial charge >= 0.3 is 0 Å². The molecule has 0 radical (unpaired) electrons. The Bertz CT molecular complexity index is 341. The molecule has 1 N–H and O–H groups in total. The van der Waals surface area contributed by atoms with Crippen molar-refractivity contribution in [1.82, 2.24) is 0 Å². The number of hydrogen-bond donors (Lipinski definition) is 1. The van der Waals surface area contributed by atoms with Crippen LogP contribution in [0.1, 0.15) is 0 Å². The van der Waals surface area contributed by atoms with Crippen LogP contribution in [0.15, 0.2) is 29.8 Å². The van der Waals surface area contributed by atoms with Crippen LogP contribution in [-0.4, -0.2) is 13.7 Å². The van der Waals surface area contributed by atoms with Gasteiger partial charge in [0.15, 0.2) is 11.6 Å². The molecule has 0 saturated heterocycles. The van der Waals surface area contributed by atoms with Gasteiger partial charge in [-0.15, -0.1) is 0 Å². The maximum Gasteiger partial charge on any atom is 0.188 e. The Balaban J connectivity index is 2.81. The van der Waals surface area contributed by atoms with Gasteiger partial charge in [0.1, 0.15) is 0 Å². The van der Waals surface area contributed by atoms with Crippen LogP contribution in [-0.2, 0) is 0 Å². The molecule has 1 aromatic carbocycles. The van der Waals surface area contributed by atoms with Crippen molar-refractivity contribution in [2.75, 3.05) is 19.0 Å². The molecule has 0 aliphatic rings. The Labute approximate surface area is 87.3 Å². The van der Waals surface area contributed by atoms with Crippen LogP contribution in [0.5, 0.6) is 5.75 Å². The SMILES string of the molecule is C=C(Cl)CNc1cccc(OC)c1F. The van der Waals surface area contributed by atoms with E-state index in [2.05, 4.69) is 11.9 Å². The van der Waals surface area contributed by atoms with Crippen molar-refractivity contribution in [2.45, 2.75) is 0 Å². The second kappa shape index (κ2) is 4.86. The fourth-order valence-corrected chi connectivity index (χ4v) is 1.06. The van der Waals surface area contributed by atoms with Crippen LogP contribution in [0.4, 0.5) is 10.1 Å². The molecule has 1 rings (SSSR count). The van der Waals surface area contributed by atoms with E-state index in [-0.39, 0.29) is 5.75 Å². The predicted molar refractivity (Wildman–Crippen MR) is 56.4 cm³/mol. The van der Waals surface area contributed by atoms with Crippen molar-refractivity contribution in [2.24, 2.45) is 0 Å². The summed E-state index contributed by atoms with van der Waals surface area (Å²) < 4.78 is 18.3. The van der Waals surface area contributed by atoms with Gasteiger partial charge < -0.3 is 10.1 Å². The molecular formula is C10H11ClFNO. The average molecular weight is 216 g/mol. The normalized spacial score (nSPS) is 9.64. The lowest BCUT2D eigenvalue weighted by Gasteiger charge is -2.08. The first kappa shape index (κ1) is 10.9. The number of benzene rings is 1. The summed E-state index contributed by atoms with van der Waals surface area (Å²) in [6.07, 6.45) is 0. The predicted octanol–water partition coefficient (Wildman–Crippen LogP) is 3.00. The van der Waals surface area contributed by atoms with Crippen molar-refractivity contribution in [3.8, 4) is 5.75 Å². The molecule has 0 unspecified atom stereocenters. The molecule has 0 atom stereocenters. The highest BCUT2D eigenvalue weighted by Crippen LogP contribution is 2.23. The number of nitrogens with one attached hydrogen (secondary N) is 1. The summed E-state index contributed by atoms with van der Waals surface area (Å²) in [5, 5.41) is 3.22. The fourth-order valence-electron chi connectivity index (χ4n) is 0.996. The van der Waals surface area contributed by atoms with E-state index in [0.29, 0.717) is 17.3 Å². The maximum absolute atomic E-state index is 13.5. The monoisotopic (exact) mass is 215 g/mol. The summed E-state index contributed by atoms with van der Waals surface area (Å²) >= 11 is 5.54. The maximum atomic E-state index is 13.5. The lowest BCUT2D eigenvalue weighted by Crippen LogP contribution is -2.03. The van der Waals surface area contributed by atoms with Crippen LogP contribution < -0.4 is 10.1 Å². The van der Waals surface area contributed by atoms with E-state index < -0.39 is 5.82 Å². The summed E-state index contributed by atoms with van der Waals surface area (Å²) in [4.78, 5) is 0. The molecule has 1 aromatic rings. The molecule has 14 heavy (non-hydrogen) atoms. The Kier molecular flexibility index (Phi) is 3.77. The van der Waals surface area contributed by atoms with Crippen molar-refractivity contribution in [3.63, 3.8) is 0 Å². The molecule has 0 bridgehead atoms. The number of anilines is 1. The van der Waals surface area contributed by atoms with Gasteiger partial charge in [0.2, 0.25) is 0 Å². The number of hydrogen-bond acceptors (Lipinski definition) is 2. The largest absolute Gasteiger partial charge is 0.494 e. The highest BCUT2D eigenvalue weighted by molar-refractivity contribution is 6.29. The van der Waals surface area contributed by atoms with Crippen LogP contribution in [0.25, 0.3) is 0 Å². The molecular weight excluding hydrogens is 205 g/mol. The summed E-state index contributed by atoms with van der Waals surface area (Å²) in [5.41, 5.74) is 0.353. The van der Waals surface area contributed by atoms with Gasteiger partial charge in [0, 0.05) is 5.03 Å². The van der Waals surface area contributed by atoms with Gasteiger partial charge in [-0.2, -0.15) is 0 Å². The van der Waals surface area contributed by atoms with Crippen molar-refractivity contribution < 1.29 is 9.13 Å². The van der Waals surface area contributed by atoms with Gasteiger partial charge in [0.05, 0.1) is 19.3 Å². The first-order valence-corrected chi connectivity index (χ1v) is 4.42. The number of halogens is 2. The van der Waals surface area contributed by atoms with Gasteiger partial charge in [0.25, 0.3) is 0 Å². The molecule has 0 amide bonds. The molecule has 2 nitrogen and oxygen atoms in total. The summed E-state index contributed by atoms with van der Waals surface area (Å²) in [5.74, 6) is -0.219. The molecule has 0 aliphatic heterocycles. The summed E-state index contributed by atoms with van der Waals surface area (Å²) in [6, 6.07) is 4.86. The third-order valence-electron chi connectivity index (χ3n) is 1.65. The van der Waals surface area contributed by atoms with Gasteiger partial charge in [-0.05, 0) is 12.1 Å². The minimum atomic E-state index is -0.423. The van der Waals surface area contributed by atoms with E-state index in [1.165, 1.54) is 7.11 Å². The molecule has 76 valence electrons. The van der Waals surface area contributed by atoms with E-state index in [1.807, 2.05) is 0 Å². The van der Waals surface area contributed by atoms with Gasteiger partial charge in [-0.1, -0.05) is 24.2 Å². The summed E-state index contributed by atoms with van der Waals surface area (Å²) in [6.45, 7) is 3.82. The van der Waals surface area contributed by atoms with E-state index in [1.54, 1.807) is 18.2 Å². The lowest BCUT2D eigenvalue weighted by atomic mass is 10.3. The molecule has 4 heteroatoms. The molecule has 0 aromatic heterocycles. The zero-order valence-electron chi connectivity index (χ0n) is 7.81. The smallest absolute Gasteiger partial charge is 0.188 e. The van der Waals surface area contributed by atoms with Crippen molar-refractivity contribution >= 4 is 17.3 Å². The fraction of sp³-hybridized carbons (Fsp3) is 0.200. The molecule has 0 fully saturated rings. The van der Waals surface area contributed by atoms with Crippen molar-refractivity contribution in [1.29, 1.82) is 0 Å². The van der Waals surface area contributed by atoms with Crippen LogP contribution >= 0.6 is 11.6 Å².